The van der Waals surface area contributed by atoms with Gasteiger partial charge in [-0.05, 0) is 62.8 Å². The third-order valence-electron chi connectivity index (χ3n) is 5.69. The Labute approximate surface area is 196 Å². The molecule has 9 heteroatoms. The summed E-state index contributed by atoms with van der Waals surface area (Å²) in [5.41, 5.74) is 0.489. The zero-order valence-electron chi connectivity index (χ0n) is 18.6. The van der Waals surface area contributed by atoms with Gasteiger partial charge in [0, 0.05) is 31.7 Å². The molecule has 2 aromatic carbocycles. The fourth-order valence-electron chi connectivity index (χ4n) is 4.28. The first-order chi connectivity index (χ1) is 15.8. The molecule has 0 unspecified atom stereocenters. The van der Waals surface area contributed by atoms with Crippen LogP contribution in [0.15, 0.2) is 47.3 Å². The van der Waals surface area contributed by atoms with Gasteiger partial charge >= 0.3 is 0 Å². The van der Waals surface area contributed by atoms with E-state index in [1.807, 2.05) is 0 Å². The second kappa shape index (κ2) is 9.94. The van der Waals surface area contributed by atoms with E-state index in [0.717, 1.165) is 30.6 Å². The average molecular weight is 471 g/mol. The summed E-state index contributed by atoms with van der Waals surface area (Å²) >= 11 is 5.31. The molecule has 1 aliphatic heterocycles. The van der Waals surface area contributed by atoms with Gasteiger partial charge in [-0.1, -0.05) is 12.1 Å². The number of amides is 1. The third kappa shape index (κ3) is 5.21. The Balaban J connectivity index is 1.45. The van der Waals surface area contributed by atoms with E-state index in [9.17, 15) is 14.0 Å². The molecule has 0 spiro atoms. The summed E-state index contributed by atoms with van der Waals surface area (Å²) in [5.74, 6) is -0.770. The molecule has 0 radical (unpaired) electrons. The van der Waals surface area contributed by atoms with Crippen LogP contribution < -0.4 is 10.9 Å². The summed E-state index contributed by atoms with van der Waals surface area (Å²) in [6.07, 6.45) is 1.26. The lowest BCUT2D eigenvalue weighted by atomic mass is 10.1. The minimum atomic E-state index is -0.546. The van der Waals surface area contributed by atoms with E-state index in [0.29, 0.717) is 23.0 Å². The maximum atomic E-state index is 14.2. The van der Waals surface area contributed by atoms with E-state index >= 15 is 0 Å². The summed E-state index contributed by atoms with van der Waals surface area (Å²) < 4.78 is 21.2. The molecule has 0 bridgehead atoms. The first-order valence-electron chi connectivity index (χ1n) is 11.0. The van der Waals surface area contributed by atoms with Crippen LogP contribution in [0.1, 0.15) is 30.6 Å². The number of halogens is 1. The lowest BCUT2D eigenvalue weighted by Gasteiger charge is -2.35. The van der Waals surface area contributed by atoms with Crippen molar-refractivity contribution in [3.8, 4) is 5.69 Å². The number of nitrogens with zero attached hydrogens (tertiary/aromatic N) is 2. The van der Waals surface area contributed by atoms with E-state index in [1.165, 1.54) is 12.1 Å². The predicted molar refractivity (Wildman–Crippen MR) is 128 cm³/mol. The van der Waals surface area contributed by atoms with E-state index in [4.69, 9.17) is 17.0 Å². The van der Waals surface area contributed by atoms with Crippen molar-refractivity contribution in [2.45, 2.75) is 32.5 Å². The highest BCUT2D eigenvalue weighted by molar-refractivity contribution is 7.71. The van der Waals surface area contributed by atoms with Crippen molar-refractivity contribution in [3.63, 3.8) is 0 Å². The van der Waals surface area contributed by atoms with Crippen LogP contribution in [0.2, 0.25) is 0 Å². The molecule has 174 valence electrons. The van der Waals surface area contributed by atoms with Gasteiger partial charge in [0.1, 0.15) is 5.82 Å². The molecule has 3 aromatic rings. The molecule has 1 fully saturated rings. The van der Waals surface area contributed by atoms with Crippen LogP contribution in [0.25, 0.3) is 16.6 Å². The summed E-state index contributed by atoms with van der Waals surface area (Å²) in [6.45, 7) is 7.36. The van der Waals surface area contributed by atoms with Crippen LogP contribution in [0.5, 0.6) is 0 Å². The number of hydrogen-bond donors (Lipinski definition) is 2. The summed E-state index contributed by atoms with van der Waals surface area (Å²) in [6, 6.07) is 10.7. The number of ether oxygens (including phenoxy) is 1. The number of carbonyl (C=O) groups is 1. The number of aromatic nitrogens is 2. The summed E-state index contributed by atoms with van der Waals surface area (Å²) in [5, 5.41) is 3.25. The zero-order chi connectivity index (χ0) is 23.5. The second-order valence-electron chi connectivity index (χ2n) is 8.41. The maximum Gasteiger partial charge on any atom is 0.266 e. The highest BCUT2D eigenvalue weighted by Crippen LogP contribution is 2.16. The number of hydrogen-bond acceptors (Lipinski definition) is 5. The van der Waals surface area contributed by atoms with E-state index in [2.05, 4.69) is 29.0 Å². The molecular formula is C24H27FN4O3S. The Hall–Kier alpha value is -2.88. The highest BCUT2D eigenvalue weighted by atomic mass is 32.1. The molecule has 2 N–H and O–H groups in total. The Bertz CT molecular complexity index is 1280. The van der Waals surface area contributed by atoms with Crippen LogP contribution in [-0.2, 0) is 4.74 Å². The van der Waals surface area contributed by atoms with Gasteiger partial charge in [0.15, 0.2) is 4.77 Å². The number of rotatable bonds is 6. The molecule has 33 heavy (non-hydrogen) atoms. The van der Waals surface area contributed by atoms with E-state index in [1.54, 1.807) is 30.3 Å². The molecule has 7 nitrogen and oxygen atoms in total. The molecule has 1 saturated heterocycles. The molecule has 4 rings (SSSR count). The van der Waals surface area contributed by atoms with Gasteiger partial charge in [-0.2, -0.15) is 0 Å². The van der Waals surface area contributed by atoms with Crippen LogP contribution in [0, 0.1) is 10.6 Å². The van der Waals surface area contributed by atoms with Crippen molar-refractivity contribution in [2.24, 2.45) is 0 Å². The summed E-state index contributed by atoms with van der Waals surface area (Å²) in [7, 11) is 0. The number of aromatic amines is 1. The Morgan fingerprint density at radius 2 is 1.94 bits per heavy atom. The number of morpholine rings is 1. The number of fused-ring (bicyclic) bond motifs is 1. The van der Waals surface area contributed by atoms with Gasteiger partial charge in [-0.3, -0.25) is 14.5 Å². The van der Waals surface area contributed by atoms with Crippen LogP contribution >= 0.6 is 12.2 Å². The lowest BCUT2D eigenvalue weighted by Crippen LogP contribution is -2.46. The second-order valence-corrected chi connectivity index (χ2v) is 8.80. The number of nitrogens with one attached hydrogen (secondary N) is 2. The van der Waals surface area contributed by atoms with Gasteiger partial charge < -0.3 is 15.0 Å². The molecule has 0 aliphatic carbocycles. The topological polar surface area (TPSA) is 79.4 Å². The van der Waals surface area contributed by atoms with Gasteiger partial charge in [0.2, 0.25) is 0 Å². The van der Waals surface area contributed by atoms with Crippen LogP contribution in [-0.4, -0.2) is 58.7 Å². The molecule has 1 amide bonds. The summed E-state index contributed by atoms with van der Waals surface area (Å²) in [4.78, 5) is 30.9. The number of H-pyrrole nitrogens is 1. The normalized spacial score (nSPS) is 19.0. The molecular weight excluding hydrogens is 443 g/mol. The molecule has 0 saturated carbocycles. The predicted octanol–water partition coefficient (Wildman–Crippen LogP) is 3.42. The SMILES string of the molecule is C[C@H]1CN(CCCNC(=O)c2ccc3c(=O)n(-c4ccccc4F)c(=S)[nH]c3c2)C[C@H](C)O1. The molecule has 1 aromatic heterocycles. The van der Waals surface area contributed by atoms with Gasteiger partial charge in [-0.25, -0.2) is 8.96 Å². The van der Waals surface area contributed by atoms with Crippen molar-refractivity contribution in [3.05, 3.63) is 69.0 Å². The smallest absolute Gasteiger partial charge is 0.266 e. The largest absolute Gasteiger partial charge is 0.373 e. The molecule has 2 heterocycles. The minimum absolute atomic E-state index is 0.0594. The number of benzene rings is 2. The highest BCUT2D eigenvalue weighted by Gasteiger charge is 2.21. The minimum Gasteiger partial charge on any atom is -0.373 e. The fraction of sp³-hybridized carbons (Fsp3) is 0.375. The van der Waals surface area contributed by atoms with E-state index in [-0.39, 0.29) is 28.6 Å². The quantitative estimate of drug-likeness (QED) is 0.426. The molecule has 1 aliphatic rings. The van der Waals surface area contributed by atoms with Gasteiger partial charge in [0.25, 0.3) is 11.5 Å². The van der Waals surface area contributed by atoms with Crippen molar-refractivity contribution >= 4 is 29.0 Å². The van der Waals surface area contributed by atoms with Crippen LogP contribution in [0.3, 0.4) is 0 Å². The van der Waals surface area contributed by atoms with E-state index < -0.39 is 11.4 Å². The first-order valence-corrected chi connectivity index (χ1v) is 11.4. The van der Waals surface area contributed by atoms with Gasteiger partial charge in [-0.15, -0.1) is 0 Å². The Morgan fingerprint density at radius 3 is 2.67 bits per heavy atom. The monoisotopic (exact) mass is 470 g/mol. The first kappa shape index (κ1) is 23.3. The van der Waals surface area contributed by atoms with Gasteiger partial charge in [0.05, 0.1) is 28.8 Å². The van der Waals surface area contributed by atoms with Crippen molar-refractivity contribution in [1.29, 1.82) is 0 Å². The van der Waals surface area contributed by atoms with Crippen LogP contribution in [0.4, 0.5) is 4.39 Å². The van der Waals surface area contributed by atoms with Crippen molar-refractivity contribution in [1.82, 2.24) is 19.8 Å². The van der Waals surface area contributed by atoms with Crippen molar-refractivity contribution < 1.29 is 13.9 Å². The molecule has 2 atom stereocenters. The fourth-order valence-corrected chi connectivity index (χ4v) is 4.58. The Kier molecular flexibility index (Phi) is 7.02. The zero-order valence-corrected chi connectivity index (χ0v) is 19.5. The average Bonchev–Trinajstić information content (AvgIpc) is 2.77. The Morgan fingerprint density at radius 1 is 1.21 bits per heavy atom. The standard InChI is InChI=1S/C24H27FN4O3S/c1-15-13-28(14-16(2)32-15)11-5-10-26-22(30)17-8-9-18-20(12-17)27-24(33)29(23(18)31)21-7-4-3-6-19(21)25/h3-4,6-9,12,15-16H,5,10-11,13-14H2,1-2H3,(H,26,30)(H,27,33)/t15-,16-/m0/s1. The maximum absolute atomic E-state index is 14.2. The lowest BCUT2D eigenvalue weighted by molar-refractivity contribution is -0.0679. The van der Waals surface area contributed by atoms with Crippen molar-refractivity contribution in [2.75, 3.05) is 26.2 Å². The number of para-hydroxylation sites is 1. The third-order valence-corrected chi connectivity index (χ3v) is 5.97. The number of carbonyl (C=O) groups excluding carboxylic acids is 1.